The summed E-state index contributed by atoms with van der Waals surface area (Å²) in [5, 5.41) is 5.85. The number of esters is 1. The Morgan fingerprint density at radius 1 is 1.44 bits per heavy atom. The first kappa shape index (κ1) is 12.0. The number of carbonyl (C=O) groups excluding carboxylic acids is 1. The smallest absolute Gasteiger partial charge is 0.332 e. The number of carbonyl (C=O) groups is 1. The Bertz CT molecular complexity index is 692. The maximum absolute atomic E-state index is 11.6. The fraction of sp³-hybridized carbons (Fsp3) is 0.167. The second-order valence-corrected chi connectivity index (χ2v) is 3.57. The molecule has 2 rings (SSSR count). The van der Waals surface area contributed by atoms with Crippen LogP contribution in [0.3, 0.4) is 0 Å². The molecule has 0 bridgehead atoms. The molecule has 2 aromatic heterocycles. The van der Waals surface area contributed by atoms with Crippen LogP contribution in [0.5, 0.6) is 0 Å². The van der Waals surface area contributed by atoms with Gasteiger partial charge in [-0.05, 0) is 25.1 Å². The van der Waals surface area contributed by atoms with Crippen LogP contribution in [0, 0.1) is 0 Å². The summed E-state index contributed by atoms with van der Waals surface area (Å²) in [6, 6.07) is 3.64. The third kappa shape index (κ3) is 2.60. The topological polar surface area (TPSA) is 90.7 Å². The van der Waals surface area contributed by atoms with Crippen LogP contribution in [0.1, 0.15) is 12.6 Å². The summed E-state index contributed by atoms with van der Waals surface area (Å²) in [6.45, 7) is 2.01. The lowest BCUT2D eigenvalue weighted by Crippen LogP contribution is -2.34. The van der Waals surface area contributed by atoms with Crippen molar-refractivity contribution in [3.63, 3.8) is 0 Å². The SMILES string of the molecule is CCOC(=O)C=c1[nH][nH]c(=O)c1=Cc1ccc[nH]1. The Hall–Kier alpha value is -2.50. The lowest BCUT2D eigenvalue weighted by molar-refractivity contribution is -0.135. The molecule has 0 fully saturated rings. The van der Waals surface area contributed by atoms with Gasteiger partial charge in [-0.2, -0.15) is 0 Å². The van der Waals surface area contributed by atoms with Crippen molar-refractivity contribution < 1.29 is 9.53 Å². The maximum Gasteiger partial charge on any atom is 0.332 e. The van der Waals surface area contributed by atoms with Gasteiger partial charge >= 0.3 is 5.97 Å². The van der Waals surface area contributed by atoms with E-state index in [1.807, 2.05) is 12.1 Å². The average Bonchev–Trinajstić information content (AvgIpc) is 2.94. The van der Waals surface area contributed by atoms with Crippen molar-refractivity contribution in [1.29, 1.82) is 0 Å². The largest absolute Gasteiger partial charge is 0.463 e. The first-order chi connectivity index (χ1) is 8.70. The minimum atomic E-state index is -0.492. The maximum atomic E-state index is 11.6. The van der Waals surface area contributed by atoms with Crippen molar-refractivity contribution in [3.05, 3.63) is 44.9 Å². The number of ether oxygens (including phenoxy) is 1. The summed E-state index contributed by atoms with van der Waals surface area (Å²) in [7, 11) is 0. The van der Waals surface area contributed by atoms with Crippen LogP contribution in [-0.2, 0) is 9.53 Å². The molecule has 2 heterocycles. The summed E-state index contributed by atoms with van der Waals surface area (Å²) in [5.74, 6) is -0.492. The van der Waals surface area contributed by atoms with Crippen molar-refractivity contribution in [2.45, 2.75) is 6.92 Å². The summed E-state index contributed by atoms with van der Waals surface area (Å²) < 4.78 is 4.79. The fourth-order valence-electron chi connectivity index (χ4n) is 1.53. The van der Waals surface area contributed by atoms with E-state index in [-0.39, 0.29) is 5.56 Å². The van der Waals surface area contributed by atoms with Gasteiger partial charge in [0, 0.05) is 18.0 Å². The number of rotatable bonds is 3. The zero-order valence-electron chi connectivity index (χ0n) is 9.82. The Kier molecular flexibility index (Phi) is 3.47. The van der Waals surface area contributed by atoms with E-state index in [9.17, 15) is 9.59 Å². The van der Waals surface area contributed by atoms with E-state index in [1.54, 1.807) is 19.2 Å². The summed E-state index contributed by atoms with van der Waals surface area (Å²) in [4.78, 5) is 25.9. The molecule has 2 aromatic rings. The minimum absolute atomic E-state index is 0.291. The van der Waals surface area contributed by atoms with Crippen LogP contribution in [0.25, 0.3) is 12.2 Å². The number of hydrogen-bond donors (Lipinski definition) is 3. The highest BCUT2D eigenvalue weighted by Gasteiger charge is 2.00. The van der Waals surface area contributed by atoms with Crippen molar-refractivity contribution in [2.24, 2.45) is 0 Å². The van der Waals surface area contributed by atoms with E-state index in [0.29, 0.717) is 17.2 Å². The van der Waals surface area contributed by atoms with Gasteiger partial charge in [0.25, 0.3) is 5.56 Å². The predicted octanol–water partition coefficient (Wildman–Crippen LogP) is -0.796. The lowest BCUT2D eigenvalue weighted by Gasteiger charge is -1.92. The highest BCUT2D eigenvalue weighted by Crippen LogP contribution is 1.92. The summed E-state index contributed by atoms with van der Waals surface area (Å²) >= 11 is 0. The molecule has 0 radical (unpaired) electrons. The molecular formula is C12H13N3O3. The Labute approximate surface area is 102 Å². The third-order valence-electron chi connectivity index (χ3n) is 2.32. The second-order valence-electron chi connectivity index (χ2n) is 3.57. The first-order valence-corrected chi connectivity index (χ1v) is 5.51. The van der Waals surface area contributed by atoms with Crippen LogP contribution in [0.2, 0.25) is 0 Å². The Morgan fingerprint density at radius 2 is 2.28 bits per heavy atom. The number of H-pyrrole nitrogens is 3. The number of nitrogens with one attached hydrogen (secondary N) is 3. The van der Waals surface area contributed by atoms with E-state index in [1.165, 1.54) is 6.08 Å². The van der Waals surface area contributed by atoms with Gasteiger partial charge in [0.1, 0.15) is 0 Å². The quantitative estimate of drug-likeness (QED) is 0.620. The van der Waals surface area contributed by atoms with Crippen LogP contribution in [0.15, 0.2) is 23.1 Å². The van der Waals surface area contributed by atoms with Gasteiger partial charge in [0.05, 0.1) is 17.2 Å². The van der Waals surface area contributed by atoms with Crippen LogP contribution >= 0.6 is 0 Å². The number of aromatic amines is 3. The molecular weight excluding hydrogens is 234 g/mol. The van der Waals surface area contributed by atoms with Crippen LogP contribution in [0.4, 0.5) is 0 Å². The normalized spacial score (nSPS) is 12.9. The van der Waals surface area contributed by atoms with Crippen LogP contribution in [-0.4, -0.2) is 27.8 Å². The van der Waals surface area contributed by atoms with Gasteiger partial charge in [0.15, 0.2) is 0 Å². The monoisotopic (exact) mass is 247 g/mol. The molecule has 0 aliphatic heterocycles. The Balaban J connectivity index is 2.52. The van der Waals surface area contributed by atoms with Gasteiger partial charge in [0.2, 0.25) is 0 Å². The zero-order chi connectivity index (χ0) is 13.0. The van der Waals surface area contributed by atoms with Crippen molar-refractivity contribution in [2.75, 3.05) is 6.61 Å². The molecule has 6 nitrogen and oxygen atoms in total. The average molecular weight is 247 g/mol. The second kappa shape index (κ2) is 5.22. The zero-order valence-corrected chi connectivity index (χ0v) is 9.82. The fourth-order valence-corrected chi connectivity index (χ4v) is 1.53. The summed E-state index contributed by atoms with van der Waals surface area (Å²) in [5.41, 5.74) is 0.485. The first-order valence-electron chi connectivity index (χ1n) is 5.51. The van der Waals surface area contributed by atoms with Crippen LogP contribution < -0.4 is 16.1 Å². The number of hydrogen-bond acceptors (Lipinski definition) is 3. The number of aromatic nitrogens is 3. The van der Waals surface area contributed by atoms with Gasteiger partial charge < -0.3 is 9.72 Å². The molecule has 3 N–H and O–H groups in total. The van der Waals surface area contributed by atoms with Gasteiger partial charge in [-0.15, -0.1) is 0 Å². The van der Waals surface area contributed by atoms with Crippen molar-refractivity contribution in [1.82, 2.24) is 15.2 Å². The summed E-state index contributed by atoms with van der Waals surface area (Å²) in [6.07, 6.45) is 4.65. The highest BCUT2D eigenvalue weighted by molar-refractivity contribution is 5.99. The molecule has 94 valence electrons. The van der Waals surface area contributed by atoms with Gasteiger partial charge in [-0.1, -0.05) is 0 Å². The van der Waals surface area contributed by atoms with Crippen molar-refractivity contribution in [3.8, 4) is 0 Å². The van der Waals surface area contributed by atoms with E-state index < -0.39 is 5.97 Å². The van der Waals surface area contributed by atoms with Crippen molar-refractivity contribution >= 4 is 18.1 Å². The molecule has 0 spiro atoms. The Morgan fingerprint density at radius 3 is 2.94 bits per heavy atom. The molecule has 0 unspecified atom stereocenters. The highest BCUT2D eigenvalue weighted by atomic mass is 16.5. The standard InChI is InChI=1S/C12H13N3O3/c1-2-18-11(16)7-10-9(12(17)15-14-10)6-8-4-3-5-13-8/h3-7,13-14H,2H2,1H3,(H,15,17). The molecule has 0 saturated carbocycles. The molecule has 18 heavy (non-hydrogen) atoms. The van der Waals surface area contributed by atoms with E-state index in [2.05, 4.69) is 15.2 Å². The molecule has 0 saturated heterocycles. The third-order valence-corrected chi connectivity index (χ3v) is 2.32. The predicted molar refractivity (Wildman–Crippen MR) is 66.1 cm³/mol. The lowest BCUT2D eigenvalue weighted by atomic mass is 10.3. The molecule has 0 aliphatic carbocycles. The van der Waals surface area contributed by atoms with E-state index in [0.717, 1.165) is 5.69 Å². The molecule has 6 heteroatoms. The van der Waals surface area contributed by atoms with Gasteiger partial charge in [-0.3, -0.25) is 15.0 Å². The van der Waals surface area contributed by atoms with Gasteiger partial charge in [-0.25, -0.2) is 4.79 Å². The van der Waals surface area contributed by atoms with E-state index in [4.69, 9.17) is 4.74 Å². The molecule has 0 amide bonds. The minimum Gasteiger partial charge on any atom is -0.463 e. The van der Waals surface area contributed by atoms with E-state index >= 15 is 0 Å². The molecule has 0 atom stereocenters. The molecule has 0 aromatic carbocycles. The molecule has 0 aliphatic rings.